The first-order valence-corrected chi connectivity index (χ1v) is 10.1. The van der Waals surface area contributed by atoms with Crippen LogP contribution in [0.3, 0.4) is 0 Å². The van der Waals surface area contributed by atoms with Crippen LogP contribution in [0, 0.1) is 5.92 Å². The van der Waals surface area contributed by atoms with E-state index in [-0.39, 0.29) is 0 Å². The summed E-state index contributed by atoms with van der Waals surface area (Å²) in [6, 6.07) is 18.0. The molecule has 0 heterocycles. The fourth-order valence-electron chi connectivity index (χ4n) is 5.00. The fourth-order valence-corrected chi connectivity index (χ4v) is 5.00. The Morgan fingerprint density at radius 3 is 2.62 bits per heavy atom. The maximum atomic E-state index is 2.46. The second-order valence-electron chi connectivity index (χ2n) is 8.09. The van der Waals surface area contributed by atoms with Gasteiger partial charge in [0.15, 0.2) is 0 Å². The summed E-state index contributed by atoms with van der Waals surface area (Å²) in [6.45, 7) is 0. The Morgan fingerprint density at radius 1 is 0.923 bits per heavy atom. The quantitative estimate of drug-likeness (QED) is 0.566. The van der Waals surface area contributed by atoms with Crippen LogP contribution >= 0.6 is 0 Å². The molecular formula is C26H26. The van der Waals surface area contributed by atoms with Gasteiger partial charge in [-0.15, -0.1) is 0 Å². The van der Waals surface area contributed by atoms with Gasteiger partial charge in [-0.1, -0.05) is 79.6 Å². The van der Waals surface area contributed by atoms with Crippen LogP contribution < -0.4 is 0 Å². The number of rotatable bonds is 4. The lowest BCUT2D eigenvalue weighted by atomic mass is 9.86. The minimum Gasteiger partial charge on any atom is -0.0765 e. The Balaban J connectivity index is 1.34. The van der Waals surface area contributed by atoms with E-state index in [1.807, 2.05) is 0 Å². The SMILES string of the molecule is C1=CC(C2CCCC2)c2ccc(C3=CC(Cc4ccccc4)=CC3)cc21. The second kappa shape index (κ2) is 6.76. The van der Waals surface area contributed by atoms with Crippen molar-refractivity contribution in [3.63, 3.8) is 0 Å². The van der Waals surface area contributed by atoms with Gasteiger partial charge in [-0.25, -0.2) is 0 Å². The number of benzene rings is 2. The van der Waals surface area contributed by atoms with Gasteiger partial charge in [-0.3, -0.25) is 0 Å². The number of allylic oxidation sites excluding steroid dienone is 5. The van der Waals surface area contributed by atoms with E-state index in [9.17, 15) is 0 Å². The van der Waals surface area contributed by atoms with E-state index in [1.165, 1.54) is 53.5 Å². The predicted octanol–water partition coefficient (Wildman–Crippen LogP) is 6.94. The highest BCUT2D eigenvalue weighted by Gasteiger charge is 2.28. The minimum absolute atomic E-state index is 0.672. The summed E-state index contributed by atoms with van der Waals surface area (Å²) < 4.78 is 0. The fraction of sp³-hybridized carbons (Fsp3) is 0.308. The normalized spacial score (nSPS) is 21.8. The van der Waals surface area contributed by atoms with Gasteiger partial charge in [0.25, 0.3) is 0 Å². The van der Waals surface area contributed by atoms with Gasteiger partial charge in [-0.05, 0) is 71.1 Å². The molecule has 0 N–H and O–H groups in total. The number of fused-ring (bicyclic) bond motifs is 1. The van der Waals surface area contributed by atoms with E-state index >= 15 is 0 Å². The van der Waals surface area contributed by atoms with E-state index in [0.717, 1.165) is 18.8 Å². The largest absolute Gasteiger partial charge is 0.0765 e. The molecule has 1 saturated carbocycles. The third-order valence-corrected chi connectivity index (χ3v) is 6.40. The molecule has 0 saturated heterocycles. The highest BCUT2D eigenvalue weighted by Crippen LogP contribution is 2.44. The lowest BCUT2D eigenvalue weighted by molar-refractivity contribution is 0.498. The molecule has 26 heavy (non-hydrogen) atoms. The van der Waals surface area contributed by atoms with Gasteiger partial charge in [0.2, 0.25) is 0 Å². The van der Waals surface area contributed by atoms with Crippen molar-refractivity contribution in [3.8, 4) is 0 Å². The minimum atomic E-state index is 0.672. The first kappa shape index (κ1) is 15.9. The van der Waals surface area contributed by atoms with Crippen LogP contribution in [-0.4, -0.2) is 0 Å². The first-order valence-electron chi connectivity index (χ1n) is 10.1. The van der Waals surface area contributed by atoms with Crippen molar-refractivity contribution < 1.29 is 0 Å². The topological polar surface area (TPSA) is 0 Å². The van der Waals surface area contributed by atoms with Gasteiger partial charge >= 0.3 is 0 Å². The van der Waals surface area contributed by atoms with Crippen molar-refractivity contribution in [1.29, 1.82) is 0 Å². The van der Waals surface area contributed by atoms with E-state index in [1.54, 1.807) is 5.56 Å². The summed E-state index contributed by atoms with van der Waals surface area (Å²) in [4.78, 5) is 0. The maximum absolute atomic E-state index is 2.46. The predicted molar refractivity (Wildman–Crippen MR) is 111 cm³/mol. The summed E-state index contributed by atoms with van der Waals surface area (Å²) in [5.74, 6) is 1.55. The summed E-state index contributed by atoms with van der Waals surface area (Å²) in [5, 5.41) is 0. The summed E-state index contributed by atoms with van der Waals surface area (Å²) in [6.07, 6.45) is 17.4. The van der Waals surface area contributed by atoms with Gasteiger partial charge in [0.1, 0.15) is 0 Å². The Labute approximate surface area is 157 Å². The zero-order valence-corrected chi connectivity index (χ0v) is 15.3. The molecule has 3 aliphatic rings. The third-order valence-electron chi connectivity index (χ3n) is 6.40. The molecule has 1 fully saturated rings. The van der Waals surface area contributed by atoms with E-state index in [0.29, 0.717) is 5.92 Å². The van der Waals surface area contributed by atoms with Crippen LogP contribution in [-0.2, 0) is 6.42 Å². The second-order valence-corrected chi connectivity index (χ2v) is 8.09. The van der Waals surface area contributed by atoms with Gasteiger partial charge < -0.3 is 0 Å². The smallest absolute Gasteiger partial charge is 0.00555 e. The van der Waals surface area contributed by atoms with Crippen LogP contribution in [0.2, 0.25) is 0 Å². The Hall–Kier alpha value is -2.34. The molecule has 130 valence electrons. The van der Waals surface area contributed by atoms with E-state index in [4.69, 9.17) is 0 Å². The molecule has 5 rings (SSSR count). The van der Waals surface area contributed by atoms with Crippen molar-refractivity contribution in [1.82, 2.24) is 0 Å². The molecule has 3 aliphatic carbocycles. The third kappa shape index (κ3) is 2.98. The molecule has 0 aliphatic heterocycles. The Bertz CT molecular complexity index is 889. The zero-order chi connectivity index (χ0) is 17.3. The van der Waals surface area contributed by atoms with Crippen molar-refractivity contribution in [2.45, 2.75) is 44.4 Å². The molecule has 0 aromatic heterocycles. The van der Waals surface area contributed by atoms with Crippen molar-refractivity contribution in [2.75, 3.05) is 0 Å². The molecular weight excluding hydrogens is 312 g/mol. The molecule has 0 spiro atoms. The van der Waals surface area contributed by atoms with Gasteiger partial charge in [0, 0.05) is 5.92 Å². The lowest BCUT2D eigenvalue weighted by Crippen LogP contribution is -2.05. The molecule has 2 aromatic rings. The number of hydrogen-bond donors (Lipinski definition) is 0. The average Bonchev–Trinajstić information content (AvgIpc) is 3.42. The van der Waals surface area contributed by atoms with E-state index < -0.39 is 0 Å². The lowest BCUT2D eigenvalue weighted by Gasteiger charge is -2.18. The first-order chi connectivity index (χ1) is 12.9. The molecule has 0 bridgehead atoms. The highest BCUT2D eigenvalue weighted by molar-refractivity contribution is 5.76. The van der Waals surface area contributed by atoms with Gasteiger partial charge in [-0.2, -0.15) is 0 Å². The molecule has 1 unspecified atom stereocenters. The Morgan fingerprint density at radius 2 is 1.77 bits per heavy atom. The zero-order valence-electron chi connectivity index (χ0n) is 15.3. The van der Waals surface area contributed by atoms with E-state index in [2.05, 4.69) is 72.8 Å². The van der Waals surface area contributed by atoms with Crippen LogP contribution in [0.1, 0.15) is 60.3 Å². The average molecular weight is 338 g/mol. The molecule has 1 atom stereocenters. The van der Waals surface area contributed by atoms with Crippen molar-refractivity contribution >= 4 is 11.6 Å². The monoisotopic (exact) mass is 338 g/mol. The van der Waals surface area contributed by atoms with Crippen LogP contribution in [0.5, 0.6) is 0 Å². The van der Waals surface area contributed by atoms with Crippen LogP contribution in [0.15, 0.2) is 72.3 Å². The Kier molecular flexibility index (Phi) is 4.13. The van der Waals surface area contributed by atoms with Crippen molar-refractivity contribution in [3.05, 3.63) is 94.6 Å². The van der Waals surface area contributed by atoms with Crippen molar-refractivity contribution in [2.24, 2.45) is 5.92 Å². The molecule has 2 aromatic carbocycles. The molecule has 0 nitrogen and oxygen atoms in total. The molecule has 0 radical (unpaired) electrons. The number of hydrogen-bond acceptors (Lipinski definition) is 0. The molecule has 0 heteroatoms. The summed E-state index contributed by atoms with van der Waals surface area (Å²) in [7, 11) is 0. The highest BCUT2D eigenvalue weighted by atomic mass is 14.3. The van der Waals surface area contributed by atoms with Crippen LogP contribution in [0.25, 0.3) is 11.6 Å². The maximum Gasteiger partial charge on any atom is 0.00555 e. The standard InChI is InChI=1S/C26H26/c1-2-6-19(7-3-1)16-20-10-11-22(17-20)23-12-14-26-24(18-23)13-15-25(26)21-8-4-5-9-21/h1-3,6-7,10,12-15,17-18,21,25H,4-5,8-9,11,16H2. The molecule has 0 amide bonds. The summed E-state index contributed by atoms with van der Waals surface area (Å²) in [5.41, 5.74) is 8.74. The summed E-state index contributed by atoms with van der Waals surface area (Å²) >= 11 is 0. The van der Waals surface area contributed by atoms with Crippen LogP contribution in [0.4, 0.5) is 0 Å². The van der Waals surface area contributed by atoms with Gasteiger partial charge in [0.05, 0.1) is 0 Å².